The number of benzene rings is 1. The number of rotatable bonds is 4. The summed E-state index contributed by atoms with van der Waals surface area (Å²) in [6, 6.07) is 8.41. The van der Waals surface area contributed by atoms with Crippen LogP contribution in [-0.2, 0) is 30.7 Å². The molecule has 2 N–H and O–H groups in total. The predicted molar refractivity (Wildman–Crippen MR) is 101 cm³/mol. The molecule has 0 saturated heterocycles. The molecule has 2 aliphatic heterocycles. The highest BCUT2D eigenvalue weighted by atomic mass is 32.2. The van der Waals surface area contributed by atoms with Gasteiger partial charge in [-0.25, -0.2) is 4.98 Å². The Morgan fingerprint density at radius 2 is 1.92 bits per heavy atom. The van der Waals surface area contributed by atoms with Gasteiger partial charge in [-0.15, -0.1) is 0 Å². The second kappa shape index (κ2) is 6.11. The highest BCUT2D eigenvalue weighted by Crippen LogP contribution is 2.39. The van der Waals surface area contributed by atoms with Crippen LogP contribution in [-0.4, -0.2) is 37.5 Å². The average molecular weight is 370 g/mol. The highest BCUT2D eigenvalue weighted by molar-refractivity contribution is 7.91. The molecule has 0 unspecified atom stereocenters. The third-order valence-electron chi connectivity index (χ3n) is 5.80. The van der Waals surface area contributed by atoms with Gasteiger partial charge in [0.05, 0.1) is 12.1 Å². The summed E-state index contributed by atoms with van der Waals surface area (Å²) in [6.45, 7) is 1.66. The molecule has 136 valence electrons. The lowest BCUT2D eigenvalue weighted by molar-refractivity contribution is 0.143. The molecule has 1 aromatic carbocycles. The first-order chi connectivity index (χ1) is 12.7. The summed E-state index contributed by atoms with van der Waals surface area (Å²) in [4.78, 5) is 12.4. The Balaban J connectivity index is 1.51. The molecule has 7 heteroatoms. The zero-order valence-electron chi connectivity index (χ0n) is 14.6. The third-order valence-corrected chi connectivity index (χ3v) is 7.26. The van der Waals surface area contributed by atoms with E-state index < -0.39 is 11.2 Å². The van der Waals surface area contributed by atoms with E-state index in [1.165, 1.54) is 11.1 Å². The second-order valence-corrected chi connectivity index (χ2v) is 9.00. The summed E-state index contributed by atoms with van der Waals surface area (Å²) in [6.07, 6.45) is 3.65. The van der Waals surface area contributed by atoms with Crippen molar-refractivity contribution in [3.8, 4) is 0 Å². The van der Waals surface area contributed by atoms with Gasteiger partial charge in [0.1, 0.15) is 11.4 Å². The second-order valence-electron chi connectivity index (χ2n) is 7.49. The first kappa shape index (κ1) is 16.4. The van der Waals surface area contributed by atoms with Gasteiger partial charge in [0.2, 0.25) is 10.8 Å². The van der Waals surface area contributed by atoms with E-state index >= 15 is 0 Å². The fraction of sp³-hybridized carbons (Fsp3) is 0.474. The maximum atomic E-state index is 12.5. The highest BCUT2D eigenvalue weighted by Gasteiger charge is 2.41. The van der Waals surface area contributed by atoms with Crippen molar-refractivity contribution in [2.75, 3.05) is 22.6 Å². The Morgan fingerprint density at radius 3 is 2.54 bits per heavy atom. The molecule has 6 nitrogen and oxygen atoms in total. The molecule has 3 heterocycles. The maximum Gasteiger partial charge on any atom is 0.228 e. The van der Waals surface area contributed by atoms with Gasteiger partial charge in [-0.3, -0.25) is 0 Å². The summed E-state index contributed by atoms with van der Waals surface area (Å²) >= 11 is -1.06. The topological polar surface area (TPSA) is 84.3 Å². The number of aromatic nitrogens is 2. The Bertz CT molecular complexity index is 825. The van der Waals surface area contributed by atoms with Gasteiger partial charge in [0, 0.05) is 19.5 Å². The van der Waals surface area contributed by atoms with Crippen LogP contribution >= 0.6 is 0 Å². The molecule has 0 amide bonds. The van der Waals surface area contributed by atoms with E-state index in [9.17, 15) is 9.66 Å². The number of aliphatic hydroxyl groups is 1. The van der Waals surface area contributed by atoms with Crippen LogP contribution in [0.25, 0.3) is 0 Å². The Labute approximate surface area is 155 Å². The van der Waals surface area contributed by atoms with E-state index in [0.29, 0.717) is 17.5 Å². The quantitative estimate of drug-likeness (QED) is 0.801. The van der Waals surface area contributed by atoms with Crippen molar-refractivity contribution in [2.24, 2.45) is 0 Å². The van der Waals surface area contributed by atoms with Crippen molar-refractivity contribution in [3.05, 3.63) is 41.1 Å². The summed E-state index contributed by atoms with van der Waals surface area (Å²) in [5, 5.41) is 13.3. The van der Waals surface area contributed by atoms with Crippen LogP contribution in [0.4, 0.5) is 11.8 Å². The number of nitrogens with one attached hydrogen (secondary N) is 1. The molecule has 1 aliphatic carbocycles. The van der Waals surface area contributed by atoms with Crippen LogP contribution in [0.15, 0.2) is 29.2 Å². The average Bonchev–Trinajstić information content (AvgIpc) is 3.22. The largest absolute Gasteiger partial charge is 0.611 e. The molecular formula is C19H22N4O2S. The van der Waals surface area contributed by atoms with Crippen molar-refractivity contribution in [1.82, 2.24) is 9.97 Å². The van der Waals surface area contributed by atoms with Crippen molar-refractivity contribution in [2.45, 2.75) is 49.2 Å². The smallest absolute Gasteiger partial charge is 0.228 e. The van der Waals surface area contributed by atoms with Gasteiger partial charge >= 0.3 is 0 Å². The molecule has 0 bridgehead atoms. The van der Waals surface area contributed by atoms with E-state index in [4.69, 9.17) is 9.97 Å². The molecule has 1 atom stereocenters. The van der Waals surface area contributed by atoms with Crippen molar-refractivity contribution in [1.29, 1.82) is 0 Å². The van der Waals surface area contributed by atoms with Gasteiger partial charge < -0.3 is 19.9 Å². The lowest BCUT2D eigenvalue weighted by atomic mass is 9.77. The SMILES string of the molecule is [O-][S@+]1CCc2nc(N3Cc4ccccc4C3)nc(NC3(CO)CCC3)c21. The van der Waals surface area contributed by atoms with Crippen LogP contribution < -0.4 is 10.2 Å². The Hall–Kier alpha value is -1.83. The fourth-order valence-electron chi connectivity index (χ4n) is 4.06. The Morgan fingerprint density at radius 1 is 1.19 bits per heavy atom. The number of aliphatic hydroxyl groups excluding tert-OH is 1. The third kappa shape index (κ3) is 2.57. The van der Waals surface area contributed by atoms with E-state index in [0.717, 1.165) is 49.4 Å². The zero-order chi connectivity index (χ0) is 17.7. The Kier molecular flexibility index (Phi) is 3.84. The molecular weight excluding hydrogens is 348 g/mol. The molecule has 2 aromatic rings. The minimum atomic E-state index is -1.06. The van der Waals surface area contributed by atoms with E-state index in [1.54, 1.807) is 0 Å². The summed E-state index contributed by atoms with van der Waals surface area (Å²) in [5.74, 6) is 1.95. The van der Waals surface area contributed by atoms with Crippen LogP contribution in [0, 0.1) is 0 Å². The van der Waals surface area contributed by atoms with Crippen LogP contribution in [0.1, 0.15) is 36.1 Å². The number of nitrogens with zero attached hydrogens (tertiary/aromatic N) is 3. The first-order valence-corrected chi connectivity index (χ1v) is 10.5. The lowest BCUT2D eigenvalue weighted by Gasteiger charge is -2.41. The summed E-state index contributed by atoms with van der Waals surface area (Å²) in [7, 11) is 0. The normalized spacial score (nSPS) is 22.7. The standard InChI is InChI=1S/C19H22N4O2S/c24-12-19(7-3-8-19)22-17-16-15(6-9-26(16)25)20-18(21-17)23-10-13-4-1-2-5-14(13)11-23/h1-2,4-5,24H,3,6-12H2,(H,20,21,22)/t26-/m1/s1. The molecule has 5 rings (SSSR count). The number of aryl methyl sites for hydroxylation is 1. The van der Waals surface area contributed by atoms with E-state index in [2.05, 4.69) is 34.5 Å². The number of fused-ring (bicyclic) bond motifs is 2. The predicted octanol–water partition coefficient (Wildman–Crippen LogP) is 1.99. The van der Waals surface area contributed by atoms with Crippen molar-refractivity contribution < 1.29 is 9.66 Å². The van der Waals surface area contributed by atoms with Crippen LogP contribution in [0.5, 0.6) is 0 Å². The van der Waals surface area contributed by atoms with Crippen LogP contribution in [0.3, 0.4) is 0 Å². The maximum absolute atomic E-state index is 12.5. The molecule has 1 saturated carbocycles. The number of anilines is 2. The zero-order valence-corrected chi connectivity index (χ0v) is 15.4. The molecule has 0 spiro atoms. The van der Waals surface area contributed by atoms with Crippen molar-refractivity contribution in [3.63, 3.8) is 0 Å². The molecule has 1 aromatic heterocycles. The molecule has 0 radical (unpaired) electrons. The van der Waals surface area contributed by atoms with Gasteiger partial charge in [0.25, 0.3) is 0 Å². The first-order valence-electron chi connectivity index (χ1n) is 9.17. The monoisotopic (exact) mass is 370 g/mol. The minimum Gasteiger partial charge on any atom is -0.611 e. The number of hydrogen-bond donors (Lipinski definition) is 2. The molecule has 3 aliphatic rings. The summed E-state index contributed by atoms with van der Waals surface area (Å²) < 4.78 is 12.5. The van der Waals surface area contributed by atoms with Gasteiger partial charge in [-0.05, 0) is 41.6 Å². The molecule has 1 fully saturated rings. The van der Waals surface area contributed by atoms with E-state index in [1.807, 2.05) is 0 Å². The summed E-state index contributed by atoms with van der Waals surface area (Å²) in [5.41, 5.74) is 3.18. The minimum absolute atomic E-state index is 0.0723. The van der Waals surface area contributed by atoms with Gasteiger partial charge in [0.15, 0.2) is 5.82 Å². The van der Waals surface area contributed by atoms with Crippen molar-refractivity contribution >= 4 is 22.9 Å². The lowest BCUT2D eigenvalue weighted by Crippen LogP contribution is -2.48. The van der Waals surface area contributed by atoms with Crippen LogP contribution in [0.2, 0.25) is 0 Å². The van der Waals surface area contributed by atoms with E-state index in [-0.39, 0.29) is 12.1 Å². The number of hydrogen-bond acceptors (Lipinski definition) is 6. The van der Waals surface area contributed by atoms with Gasteiger partial charge in [-0.1, -0.05) is 24.3 Å². The molecule has 26 heavy (non-hydrogen) atoms. The van der Waals surface area contributed by atoms with Gasteiger partial charge in [-0.2, -0.15) is 4.98 Å². The fourth-order valence-corrected chi connectivity index (χ4v) is 5.37.